The van der Waals surface area contributed by atoms with Crippen molar-refractivity contribution in [2.75, 3.05) is 4.90 Å². The molecule has 0 bridgehead atoms. The van der Waals surface area contributed by atoms with Gasteiger partial charge in [0.1, 0.15) is 0 Å². The maximum Gasteiger partial charge on any atom is 0.261 e. The molecule has 1 amide bonds. The van der Waals surface area contributed by atoms with Gasteiger partial charge in [-0.1, -0.05) is 30.9 Å². The second-order valence-electron chi connectivity index (χ2n) is 5.42. The molecule has 0 saturated heterocycles. The van der Waals surface area contributed by atoms with Crippen LogP contribution in [0.4, 0.5) is 5.82 Å². The van der Waals surface area contributed by atoms with Gasteiger partial charge in [0, 0.05) is 18.4 Å². The molecular formula is C16H17ClN4O. The summed E-state index contributed by atoms with van der Waals surface area (Å²) in [6, 6.07) is 7.10. The summed E-state index contributed by atoms with van der Waals surface area (Å²) in [5.41, 5.74) is 0.560. The number of anilines is 1. The molecule has 0 atom stereocenters. The number of aromatic nitrogens is 3. The monoisotopic (exact) mass is 316 g/mol. The number of halogens is 1. The molecule has 2 aromatic heterocycles. The van der Waals surface area contributed by atoms with E-state index in [0.29, 0.717) is 16.5 Å². The van der Waals surface area contributed by atoms with Crippen molar-refractivity contribution in [2.24, 2.45) is 0 Å². The Kier molecular flexibility index (Phi) is 4.63. The van der Waals surface area contributed by atoms with Gasteiger partial charge in [-0.05, 0) is 37.1 Å². The fourth-order valence-corrected chi connectivity index (χ4v) is 2.96. The first-order valence-electron chi connectivity index (χ1n) is 7.48. The highest BCUT2D eigenvalue weighted by Crippen LogP contribution is 2.27. The number of carbonyl (C=O) groups is 1. The lowest BCUT2D eigenvalue weighted by Crippen LogP contribution is -2.42. The van der Waals surface area contributed by atoms with Crippen LogP contribution in [-0.2, 0) is 0 Å². The van der Waals surface area contributed by atoms with E-state index in [1.165, 1.54) is 6.42 Å². The number of pyridine rings is 1. The van der Waals surface area contributed by atoms with Gasteiger partial charge in [0.2, 0.25) is 0 Å². The van der Waals surface area contributed by atoms with Gasteiger partial charge in [-0.25, -0.2) is 0 Å². The van der Waals surface area contributed by atoms with E-state index in [1.807, 2.05) is 0 Å². The molecule has 0 N–H and O–H groups in total. The SMILES string of the molecule is O=C(c1cccnc1)N(c1ccc(Cl)nn1)C1CCCCC1. The van der Waals surface area contributed by atoms with E-state index in [-0.39, 0.29) is 11.9 Å². The van der Waals surface area contributed by atoms with E-state index in [9.17, 15) is 4.79 Å². The standard InChI is InChI=1S/C16H17ClN4O/c17-14-8-9-15(20-19-14)21(13-6-2-1-3-7-13)16(22)12-5-4-10-18-11-12/h4-5,8-11,13H,1-3,6-7H2. The average molecular weight is 317 g/mol. The summed E-state index contributed by atoms with van der Waals surface area (Å²) in [6.07, 6.45) is 8.68. The van der Waals surface area contributed by atoms with Crippen molar-refractivity contribution in [3.05, 3.63) is 47.4 Å². The summed E-state index contributed by atoms with van der Waals surface area (Å²) in [7, 11) is 0. The molecule has 0 spiro atoms. The molecule has 2 aromatic rings. The van der Waals surface area contributed by atoms with Gasteiger partial charge in [-0.3, -0.25) is 14.7 Å². The van der Waals surface area contributed by atoms with E-state index >= 15 is 0 Å². The minimum Gasteiger partial charge on any atom is -0.288 e. The Balaban J connectivity index is 1.95. The van der Waals surface area contributed by atoms with E-state index in [4.69, 9.17) is 11.6 Å². The predicted molar refractivity (Wildman–Crippen MR) is 85.0 cm³/mol. The predicted octanol–water partition coefficient (Wildman–Crippen LogP) is 3.50. The van der Waals surface area contributed by atoms with Crippen LogP contribution in [0.25, 0.3) is 0 Å². The highest BCUT2D eigenvalue weighted by atomic mass is 35.5. The van der Waals surface area contributed by atoms with Crippen LogP contribution in [0.2, 0.25) is 5.15 Å². The maximum atomic E-state index is 12.9. The third-order valence-corrected chi connectivity index (χ3v) is 4.13. The highest BCUT2D eigenvalue weighted by molar-refractivity contribution is 6.29. The Labute approximate surface area is 134 Å². The average Bonchev–Trinajstić information content (AvgIpc) is 2.58. The highest BCUT2D eigenvalue weighted by Gasteiger charge is 2.29. The van der Waals surface area contributed by atoms with Gasteiger partial charge in [0.15, 0.2) is 11.0 Å². The van der Waals surface area contributed by atoms with Gasteiger partial charge in [0.25, 0.3) is 5.91 Å². The second-order valence-corrected chi connectivity index (χ2v) is 5.81. The summed E-state index contributed by atoms with van der Waals surface area (Å²) < 4.78 is 0. The van der Waals surface area contributed by atoms with E-state index in [2.05, 4.69) is 15.2 Å². The van der Waals surface area contributed by atoms with Gasteiger partial charge in [-0.2, -0.15) is 0 Å². The molecule has 1 saturated carbocycles. The molecule has 0 aromatic carbocycles. The number of carbonyl (C=O) groups excluding carboxylic acids is 1. The molecule has 0 unspecified atom stereocenters. The van der Waals surface area contributed by atoms with Gasteiger partial charge in [-0.15, -0.1) is 10.2 Å². The first-order valence-corrected chi connectivity index (χ1v) is 7.86. The molecular weight excluding hydrogens is 300 g/mol. The van der Waals surface area contributed by atoms with Gasteiger partial charge < -0.3 is 0 Å². The molecule has 3 rings (SSSR count). The largest absolute Gasteiger partial charge is 0.288 e. The molecule has 22 heavy (non-hydrogen) atoms. The normalized spacial score (nSPS) is 15.5. The molecule has 114 valence electrons. The third kappa shape index (κ3) is 3.25. The van der Waals surface area contributed by atoms with Crippen LogP contribution < -0.4 is 4.90 Å². The summed E-state index contributed by atoms with van der Waals surface area (Å²) in [6.45, 7) is 0. The number of hydrogen-bond donors (Lipinski definition) is 0. The van der Waals surface area contributed by atoms with Crippen LogP contribution in [0.3, 0.4) is 0 Å². The third-order valence-electron chi connectivity index (χ3n) is 3.93. The number of nitrogens with zero attached hydrogens (tertiary/aromatic N) is 4. The Bertz CT molecular complexity index is 626. The van der Waals surface area contributed by atoms with Crippen molar-refractivity contribution in [3.8, 4) is 0 Å². The molecule has 2 heterocycles. The van der Waals surface area contributed by atoms with Crippen molar-refractivity contribution in [1.29, 1.82) is 0 Å². The zero-order valence-corrected chi connectivity index (χ0v) is 12.9. The minimum atomic E-state index is -0.0865. The summed E-state index contributed by atoms with van der Waals surface area (Å²) >= 11 is 5.81. The first-order chi connectivity index (χ1) is 10.8. The van der Waals surface area contributed by atoms with Crippen LogP contribution >= 0.6 is 11.6 Å². The van der Waals surface area contributed by atoms with Crippen molar-refractivity contribution in [3.63, 3.8) is 0 Å². The van der Waals surface area contributed by atoms with Crippen LogP contribution in [0.1, 0.15) is 42.5 Å². The van der Waals surface area contributed by atoms with Crippen LogP contribution in [0.5, 0.6) is 0 Å². The molecule has 0 aliphatic heterocycles. The fourth-order valence-electron chi connectivity index (χ4n) is 2.86. The van der Waals surface area contributed by atoms with Crippen molar-refractivity contribution in [2.45, 2.75) is 38.1 Å². The van der Waals surface area contributed by atoms with Crippen LogP contribution in [0, 0.1) is 0 Å². The van der Waals surface area contributed by atoms with Crippen LogP contribution in [-0.4, -0.2) is 27.1 Å². The van der Waals surface area contributed by atoms with Crippen molar-refractivity contribution >= 4 is 23.3 Å². The molecule has 0 radical (unpaired) electrons. The van der Waals surface area contributed by atoms with E-state index < -0.39 is 0 Å². The zero-order chi connectivity index (χ0) is 15.4. The van der Waals surface area contributed by atoms with Crippen LogP contribution in [0.15, 0.2) is 36.7 Å². The Morgan fingerprint density at radius 3 is 2.59 bits per heavy atom. The van der Waals surface area contributed by atoms with E-state index in [1.54, 1.807) is 41.6 Å². The smallest absolute Gasteiger partial charge is 0.261 e. The summed E-state index contributed by atoms with van der Waals surface area (Å²) in [5.74, 6) is 0.460. The number of rotatable bonds is 3. The quantitative estimate of drug-likeness (QED) is 0.869. The topological polar surface area (TPSA) is 59.0 Å². The molecule has 1 aliphatic carbocycles. The first kappa shape index (κ1) is 14.9. The molecule has 1 aliphatic rings. The second kappa shape index (κ2) is 6.83. The Hall–Kier alpha value is -2.01. The van der Waals surface area contributed by atoms with Crippen molar-refractivity contribution < 1.29 is 4.79 Å². The summed E-state index contributed by atoms with van der Waals surface area (Å²) in [4.78, 5) is 18.7. The number of amides is 1. The lowest BCUT2D eigenvalue weighted by molar-refractivity contribution is 0.0969. The van der Waals surface area contributed by atoms with Gasteiger partial charge in [0.05, 0.1) is 5.56 Å². The lowest BCUT2D eigenvalue weighted by Gasteiger charge is -2.33. The zero-order valence-electron chi connectivity index (χ0n) is 12.2. The number of hydrogen-bond acceptors (Lipinski definition) is 4. The lowest BCUT2D eigenvalue weighted by atomic mass is 9.93. The molecule has 1 fully saturated rings. The Morgan fingerprint density at radius 2 is 1.95 bits per heavy atom. The molecule has 5 nitrogen and oxygen atoms in total. The minimum absolute atomic E-state index is 0.0865. The Morgan fingerprint density at radius 1 is 1.14 bits per heavy atom. The van der Waals surface area contributed by atoms with E-state index in [0.717, 1.165) is 25.7 Å². The fraction of sp³-hybridized carbons (Fsp3) is 0.375. The van der Waals surface area contributed by atoms with Crippen molar-refractivity contribution in [1.82, 2.24) is 15.2 Å². The maximum absolute atomic E-state index is 12.9. The summed E-state index contributed by atoms with van der Waals surface area (Å²) in [5, 5.41) is 8.30. The van der Waals surface area contributed by atoms with Gasteiger partial charge >= 0.3 is 0 Å². The molecule has 6 heteroatoms.